The molecule has 1 atom stereocenters. The van der Waals surface area contributed by atoms with Gasteiger partial charge in [-0.25, -0.2) is 0 Å². The first-order chi connectivity index (χ1) is 5.66. The SMILES string of the molecule is COC(=O)[C@H](C)C(=O)C1CCC1. The molecule has 68 valence electrons. The quantitative estimate of drug-likeness (QED) is 0.471. The van der Waals surface area contributed by atoms with Crippen molar-refractivity contribution in [3.63, 3.8) is 0 Å². The van der Waals surface area contributed by atoms with Gasteiger partial charge in [-0.05, 0) is 19.8 Å². The Morgan fingerprint density at radius 2 is 2.00 bits per heavy atom. The van der Waals surface area contributed by atoms with Gasteiger partial charge in [0, 0.05) is 5.92 Å². The smallest absolute Gasteiger partial charge is 0.315 e. The van der Waals surface area contributed by atoms with Crippen molar-refractivity contribution in [3.05, 3.63) is 0 Å². The largest absolute Gasteiger partial charge is 0.468 e. The molecule has 12 heavy (non-hydrogen) atoms. The van der Waals surface area contributed by atoms with Crippen molar-refractivity contribution in [1.29, 1.82) is 0 Å². The van der Waals surface area contributed by atoms with E-state index in [4.69, 9.17) is 0 Å². The Balaban J connectivity index is 2.45. The lowest BCUT2D eigenvalue weighted by Crippen LogP contribution is -2.32. The van der Waals surface area contributed by atoms with Gasteiger partial charge in [0.05, 0.1) is 7.11 Å². The zero-order valence-corrected chi connectivity index (χ0v) is 7.50. The molecule has 0 spiro atoms. The minimum Gasteiger partial charge on any atom is -0.468 e. The molecule has 0 saturated heterocycles. The lowest BCUT2D eigenvalue weighted by molar-refractivity contribution is -0.150. The summed E-state index contributed by atoms with van der Waals surface area (Å²) < 4.78 is 4.49. The Labute approximate surface area is 72.1 Å². The highest BCUT2D eigenvalue weighted by Gasteiger charge is 2.32. The van der Waals surface area contributed by atoms with E-state index in [-0.39, 0.29) is 11.7 Å². The predicted octanol–water partition coefficient (Wildman–Crippen LogP) is 1.16. The third-order valence-electron chi connectivity index (χ3n) is 2.49. The summed E-state index contributed by atoms with van der Waals surface area (Å²) in [5, 5.41) is 0. The van der Waals surface area contributed by atoms with Crippen LogP contribution in [0.25, 0.3) is 0 Å². The van der Waals surface area contributed by atoms with Crippen LogP contribution in [0.1, 0.15) is 26.2 Å². The molecule has 1 aliphatic carbocycles. The summed E-state index contributed by atoms with van der Waals surface area (Å²) in [6.07, 6.45) is 3.00. The number of rotatable bonds is 3. The summed E-state index contributed by atoms with van der Waals surface area (Å²) in [6, 6.07) is 0. The van der Waals surface area contributed by atoms with Crippen molar-refractivity contribution in [2.45, 2.75) is 26.2 Å². The first kappa shape index (κ1) is 9.23. The molecule has 1 rings (SSSR count). The van der Waals surface area contributed by atoms with E-state index in [0.29, 0.717) is 0 Å². The van der Waals surface area contributed by atoms with Crippen molar-refractivity contribution in [3.8, 4) is 0 Å². The van der Waals surface area contributed by atoms with Crippen molar-refractivity contribution in [1.82, 2.24) is 0 Å². The molecule has 3 heteroatoms. The molecule has 0 unspecified atom stereocenters. The Kier molecular flexibility index (Phi) is 2.84. The Hall–Kier alpha value is -0.860. The van der Waals surface area contributed by atoms with Gasteiger partial charge in [-0.3, -0.25) is 9.59 Å². The molecule has 0 aromatic carbocycles. The molecule has 1 saturated carbocycles. The molecule has 0 N–H and O–H groups in total. The van der Waals surface area contributed by atoms with E-state index in [1.54, 1.807) is 6.92 Å². The molecule has 0 amide bonds. The third-order valence-corrected chi connectivity index (χ3v) is 2.49. The molecule has 0 aliphatic heterocycles. The second-order valence-electron chi connectivity index (χ2n) is 3.28. The van der Waals surface area contributed by atoms with Crippen molar-refractivity contribution < 1.29 is 14.3 Å². The summed E-state index contributed by atoms with van der Waals surface area (Å²) in [4.78, 5) is 22.4. The Bertz CT molecular complexity index is 194. The molecular weight excluding hydrogens is 156 g/mol. The maximum atomic E-state index is 11.4. The van der Waals surface area contributed by atoms with Crippen molar-refractivity contribution >= 4 is 11.8 Å². The predicted molar refractivity (Wildman–Crippen MR) is 43.5 cm³/mol. The molecule has 0 aromatic heterocycles. The maximum Gasteiger partial charge on any atom is 0.315 e. The monoisotopic (exact) mass is 170 g/mol. The molecule has 1 fully saturated rings. The van der Waals surface area contributed by atoms with Crippen LogP contribution in [-0.4, -0.2) is 18.9 Å². The summed E-state index contributed by atoms with van der Waals surface area (Å²) in [5.74, 6) is -0.806. The molecule has 0 heterocycles. The number of ether oxygens (including phenoxy) is 1. The van der Waals surface area contributed by atoms with Gasteiger partial charge in [-0.2, -0.15) is 0 Å². The second kappa shape index (κ2) is 3.70. The molecular formula is C9H14O3. The Morgan fingerprint density at radius 1 is 1.42 bits per heavy atom. The van der Waals surface area contributed by atoms with Gasteiger partial charge < -0.3 is 4.74 Å². The topological polar surface area (TPSA) is 43.4 Å². The second-order valence-corrected chi connectivity index (χ2v) is 3.28. The maximum absolute atomic E-state index is 11.4. The first-order valence-electron chi connectivity index (χ1n) is 4.28. The number of esters is 1. The highest BCUT2D eigenvalue weighted by atomic mass is 16.5. The number of methoxy groups -OCH3 is 1. The summed E-state index contributed by atoms with van der Waals surface area (Å²) >= 11 is 0. The van der Waals surface area contributed by atoms with Crippen LogP contribution in [0.3, 0.4) is 0 Å². The lowest BCUT2D eigenvalue weighted by atomic mass is 9.78. The van der Waals surface area contributed by atoms with Crippen LogP contribution < -0.4 is 0 Å². The molecule has 1 aliphatic rings. The average Bonchev–Trinajstić information content (AvgIpc) is 1.98. The lowest BCUT2D eigenvalue weighted by Gasteiger charge is -2.25. The van der Waals surface area contributed by atoms with Crippen LogP contribution in [0.4, 0.5) is 0 Å². The van der Waals surface area contributed by atoms with Gasteiger partial charge in [0.15, 0.2) is 0 Å². The van der Waals surface area contributed by atoms with E-state index in [0.717, 1.165) is 19.3 Å². The highest BCUT2D eigenvalue weighted by Crippen LogP contribution is 2.29. The molecule has 3 nitrogen and oxygen atoms in total. The number of hydrogen-bond acceptors (Lipinski definition) is 3. The zero-order valence-electron chi connectivity index (χ0n) is 7.50. The van der Waals surface area contributed by atoms with Gasteiger partial charge in [-0.15, -0.1) is 0 Å². The number of Topliss-reactive ketones (excluding diaryl/α,β-unsaturated/α-hetero) is 1. The van der Waals surface area contributed by atoms with E-state index in [2.05, 4.69) is 4.74 Å². The molecule has 0 radical (unpaired) electrons. The van der Waals surface area contributed by atoms with Gasteiger partial charge >= 0.3 is 5.97 Å². The van der Waals surface area contributed by atoms with Crippen LogP contribution >= 0.6 is 0 Å². The van der Waals surface area contributed by atoms with E-state index in [1.807, 2.05) is 0 Å². The fraction of sp³-hybridized carbons (Fsp3) is 0.778. The van der Waals surface area contributed by atoms with Gasteiger partial charge in [0.25, 0.3) is 0 Å². The summed E-state index contributed by atoms with van der Waals surface area (Å²) in [6.45, 7) is 1.62. The first-order valence-corrected chi connectivity index (χ1v) is 4.28. The highest BCUT2D eigenvalue weighted by molar-refractivity contribution is 5.99. The fourth-order valence-electron chi connectivity index (χ4n) is 1.34. The third kappa shape index (κ3) is 1.65. The van der Waals surface area contributed by atoms with E-state index in [1.165, 1.54) is 7.11 Å². The van der Waals surface area contributed by atoms with E-state index >= 15 is 0 Å². The fourth-order valence-corrected chi connectivity index (χ4v) is 1.34. The average molecular weight is 170 g/mol. The van der Waals surface area contributed by atoms with E-state index in [9.17, 15) is 9.59 Å². The van der Waals surface area contributed by atoms with Crippen LogP contribution in [-0.2, 0) is 14.3 Å². The standard InChI is InChI=1S/C9H14O3/c1-6(9(11)12-2)8(10)7-4-3-5-7/h6-7H,3-5H2,1-2H3/t6-/m1/s1. The van der Waals surface area contributed by atoms with Crippen molar-refractivity contribution in [2.24, 2.45) is 11.8 Å². The summed E-state index contributed by atoms with van der Waals surface area (Å²) in [7, 11) is 1.31. The molecule has 0 bridgehead atoms. The zero-order chi connectivity index (χ0) is 9.14. The van der Waals surface area contributed by atoms with Crippen LogP contribution in [0.2, 0.25) is 0 Å². The van der Waals surface area contributed by atoms with Gasteiger partial charge in [0.2, 0.25) is 0 Å². The Morgan fingerprint density at radius 3 is 2.33 bits per heavy atom. The van der Waals surface area contributed by atoms with Crippen LogP contribution in [0, 0.1) is 11.8 Å². The minimum absolute atomic E-state index is 0.0492. The minimum atomic E-state index is -0.569. The molecule has 0 aromatic rings. The number of carbonyl (C=O) groups excluding carboxylic acids is 2. The number of carbonyl (C=O) groups is 2. The number of hydrogen-bond donors (Lipinski definition) is 0. The van der Waals surface area contributed by atoms with Crippen LogP contribution in [0.5, 0.6) is 0 Å². The van der Waals surface area contributed by atoms with Crippen molar-refractivity contribution in [2.75, 3.05) is 7.11 Å². The van der Waals surface area contributed by atoms with Gasteiger partial charge in [0.1, 0.15) is 11.7 Å². The normalized spacial score (nSPS) is 19.5. The van der Waals surface area contributed by atoms with E-state index < -0.39 is 11.9 Å². The van der Waals surface area contributed by atoms with Gasteiger partial charge in [-0.1, -0.05) is 6.42 Å². The number of ketones is 1. The summed E-state index contributed by atoms with van der Waals surface area (Å²) in [5.41, 5.74) is 0. The van der Waals surface area contributed by atoms with Crippen LogP contribution in [0.15, 0.2) is 0 Å².